The van der Waals surface area contributed by atoms with Crippen LogP contribution in [0.15, 0.2) is 35.5 Å². The van der Waals surface area contributed by atoms with E-state index < -0.39 is 0 Å². The number of nitrogens with two attached hydrogens (primary N) is 1. The maximum Gasteiger partial charge on any atom is 0.267 e. The number of benzene rings is 1. The molecule has 2 rings (SSSR count). The molecule has 1 heterocycles. The Hall–Kier alpha value is -1.61. The molecule has 0 aliphatic rings. The fourth-order valence-corrected chi connectivity index (χ4v) is 2.16. The minimum absolute atomic E-state index is 0.144. The number of nitrogens with one attached hydrogen (secondary N) is 1. The molecule has 1 aromatic heterocycles. The summed E-state index contributed by atoms with van der Waals surface area (Å²) in [6.07, 6.45) is 2.75. The summed E-state index contributed by atoms with van der Waals surface area (Å²) in [5.74, 6) is -0.384. The van der Waals surface area contributed by atoms with Gasteiger partial charge in [-0.05, 0) is 40.8 Å². The number of nitrogens with zero attached hydrogens (tertiary/aromatic N) is 2. The predicted molar refractivity (Wildman–Crippen MR) is 85.7 cm³/mol. The van der Waals surface area contributed by atoms with Gasteiger partial charge in [-0.15, -0.1) is 0 Å². The Bertz CT molecular complexity index is 717. The zero-order chi connectivity index (χ0) is 14.7. The van der Waals surface area contributed by atoms with Crippen LogP contribution < -0.4 is 16.6 Å². The Balaban J connectivity index is 2.15. The molecule has 0 atom stereocenters. The van der Waals surface area contributed by atoms with E-state index in [0.717, 1.165) is 0 Å². The fourth-order valence-electron chi connectivity index (χ4n) is 1.52. The summed E-state index contributed by atoms with van der Waals surface area (Å²) in [6.45, 7) is -0.144. The second kappa shape index (κ2) is 6.23. The molecule has 0 aliphatic carbocycles. The lowest BCUT2D eigenvalue weighted by molar-refractivity contribution is -0.116. The third kappa shape index (κ3) is 3.48. The van der Waals surface area contributed by atoms with Gasteiger partial charge in [-0.1, -0.05) is 11.6 Å². The molecule has 0 aliphatic heterocycles. The molecule has 104 valence electrons. The van der Waals surface area contributed by atoms with Crippen molar-refractivity contribution in [1.82, 2.24) is 9.55 Å². The predicted octanol–water partition coefficient (Wildman–Crippen LogP) is 1.72. The van der Waals surface area contributed by atoms with Gasteiger partial charge in [-0.3, -0.25) is 14.2 Å². The molecular formula is C12H10ClIN4O2. The molecule has 3 N–H and O–H groups in total. The molecule has 1 aromatic carbocycles. The van der Waals surface area contributed by atoms with Crippen LogP contribution in [-0.2, 0) is 11.3 Å². The lowest BCUT2D eigenvalue weighted by Gasteiger charge is -2.09. The highest BCUT2D eigenvalue weighted by molar-refractivity contribution is 14.1. The SMILES string of the molecule is Nc1ccc(Cl)cc1NC(=O)Cn1cncc(I)c1=O. The molecule has 0 saturated heterocycles. The van der Waals surface area contributed by atoms with E-state index in [-0.39, 0.29) is 18.0 Å². The van der Waals surface area contributed by atoms with Crippen molar-refractivity contribution in [1.29, 1.82) is 0 Å². The molecule has 0 radical (unpaired) electrons. The smallest absolute Gasteiger partial charge is 0.267 e. The molecule has 20 heavy (non-hydrogen) atoms. The number of carbonyl (C=O) groups is 1. The number of anilines is 2. The highest BCUT2D eigenvalue weighted by atomic mass is 127. The average molecular weight is 405 g/mol. The van der Waals surface area contributed by atoms with Gasteiger partial charge < -0.3 is 11.1 Å². The fraction of sp³-hybridized carbons (Fsp3) is 0.0833. The van der Waals surface area contributed by atoms with Crippen molar-refractivity contribution in [3.05, 3.63) is 49.7 Å². The van der Waals surface area contributed by atoms with Crippen LogP contribution in [0.3, 0.4) is 0 Å². The summed E-state index contributed by atoms with van der Waals surface area (Å²) in [4.78, 5) is 27.5. The molecule has 0 fully saturated rings. The lowest BCUT2D eigenvalue weighted by atomic mass is 10.2. The number of hydrogen-bond donors (Lipinski definition) is 2. The zero-order valence-electron chi connectivity index (χ0n) is 10.1. The van der Waals surface area contributed by atoms with E-state index in [2.05, 4.69) is 10.3 Å². The summed E-state index contributed by atoms with van der Waals surface area (Å²) in [7, 11) is 0. The average Bonchev–Trinajstić information content (AvgIpc) is 2.39. The van der Waals surface area contributed by atoms with Crippen LogP contribution in [0.25, 0.3) is 0 Å². The van der Waals surface area contributed by atoms with Gasteiger partial charge in [0.25, 0.3) is 5.56 Å². The highest BCUT2D eigenvalue weighted by Crippen LogP contribution is 2.22. The quantitative estimate of drug-likeness (QED) is 0.602. The maximum atomic E-state index is 11.9. The van der Waals surface area contributed by atoms with Crippen molar-refractivity contribution >= 4 is 51.5 Å². The third-order valence-electron chi connectivity index (χ3n) is 2.46. The summed E-state index contributed by atoms with van der Waals surface area (Å²) in [6, 6.07) is 4.77. The number of aromatic nitrogens is 2. The molecular weight excluding hydrogens is 395 g/mol. The Kier molecular flexibility index (Phi) is 4.61. The van der Waals surface area contributed by atoms with Gasteiger partial charge in [0.05, 0.1) is 21.3 Å². The van der Waals surface area contributed by atoms with Gasteiger partial charge in [-0.25, -0.2) is 4.98 Å². The van der Waals surface area contributed by atoms with E-state index in [9.17, 15) is 9.59 Å². The minimum Gasteiger partial charge on any atom is -0.397 e. The number of hydrogen-bond acceptors (Lipinski definition) is 4. The van der Waals surface area contributed by atoms with Crippen LogP contribution >= 0.6 is 34.2 Å². The van der Waals surface area contributed by atoms with Crippen LogP contribution in [-0.4, -0.2) is 15.5 Å². The van der Waals surface area contributed by atoms with Gasteiger partial charge in [0.2, 0.25) is 5.91 Å². The molecule has 6 nitrogen and oxygen atoms in total. The normalized spacial score (nSPS) is 10.3. The summed E-state index contributed by atoms with van der Waals surface area (Å²) in [5, 5.41) is 3.07. The summed E-state index contributed by atoms with van der Waals surface area (Å²) < 4.78 is 1.66. The first-order valence-electron chi connectivity index (χ1n) is 5.52. The molecule has 0 bridgehead atoms. The van der Waals surface area contributed by atoms with Crippen molar-refractivity contribution < 1.29 is 4.79 Å². The number of halogens is 2. The Labute approximate surface area is 133 Å². The van der Waals surface area contributed by atoms with Crippen molar-refractivity contribution in [2.24, 2.45) is 0 Å². The van der Waals surface area contributed by atoms with Crippen LogP contribution in [0.5, 0.6) is 0 Å². The Morgan fingerprint density at radius 2 is 2.25 bits per heavy atom. The van der Waals surface area contributed by atoms with Crippen molar-refractivity contribution in [3.8, 4) is 0 Å². The zero-order valence-corrected chi connectivity index (χ0v) is 13.1. The summed E-state index contributed by atoms with van der Waals surface area (Å²) >= 11 is 7.70. The highest BCUT2D eigenvalue weighted by Gasteiger charge is 2.09. The Morgan fingerprint density at radius 1 is 1.50 bits per heavy atom. The second-order valence-electron chi connectivity index (χ2n) is 3.95. The van der Waals surface area contributed by atoms with Gasteiger partial charge in [0.15, 0.2) is 0 Å². The van der Waals surface area contributed by atoms with E-state index in [1.165, 1.54) is 17.1 Å². The van der Waals surface area contributed by atoms with E-state index in [0.29, 0.717) is 20.0 Å². The van der Waals surface area contributed by atoms with Crippen LogP contribution in [0.2, 0.25) is 5.02 Å². The summed E-state index contributed by atoms with van der Waals surface area (Å²) in [5.41, 5.74) is 6.27. The third-order valence-corrected chi connectivity index (χ3v) is 3.44. The van der Waals surface area contributed by atoms with Gasteiger partial charge in [0.1, 0.15) is 6.54 Å². The van der Waals surface area contributed by atoms with Crippen molar-refractivity contribution in [3.63, 3.8) is 0 Å². The van der Waals surface area contributed by atoms with E-state index in [4.69, 9.17) is 17.3 Å². The largest absolute Gasteiger partial charge is 0.397 e. The number of carbonyl (C=O) groups excluding carboxylic acids is 1. The van der Waals surface area contributed by atoms with Crippen LogP contribution in [0.4, 0.5) is 11.4 Å². The molecule has 8 heteroatoms. The molecule has 0 spiro atoms. The number of amides is 1. The number of nitrogen functional groups attached to an aromatic ring is 1. The lowest BCUT2D eigenvalue weighted by Crippen LogP contribution is -2.29. The molecule has 0 unspecified atom stereocenters. The topological polar surface area (TPSA) is 90.0 Å². The second-order valence-corrected chi connectivity index (χ2v) is 5.55. The van der Waals surface area contributed by atoms with Gasteiger partial charge >= 0.3 is 0 Å². The number of rotatable bonds is 3. The monoisotopic (exact) mass is 404 g/mol. The van der Waals surface area contributed by atoms with E-state index >= 15 is 0 Å². The minimum atomic E-state index is -0.384. The van der Waals surface area contributed by atoms with Crippen LogP contribution in [0.1, 0.15) is 0 Å². The first-order chi connectivity index (χ1) is 9.47. The first kappa shape index (κ1) is 14.8. The standard InChI is InChI=1S/C12H10ClIN4O2/c13-7-1-2-9(15)10(3-7)17-11(19)5-18-6-16-4-8(14)12(18)20/h1-4,6H,5,15H2,(H,17,19). The van der Waals surface area contributed by atoms with Crippen molar-refractivity contribution in [2.45, 2.75) is 6.54 Å². The van der Waals surface area contributed by atoms with E-state index in [1.807, 2.05) is 22.6 Å². The van der Waals surface area contributed by atoms with Crippen LogP contribution in [0, 0.1) is 3.57 Å². The molecule has 2 aromatic rings. The van der Waals surface area contributed by atoms with Gasteiger partial charge in [-0.2, -0.15) is 0 Å². The first-order valence-corrected chi connectivity index (χ1v) is 6.98. The molecule has 1 amide bonds. The van der Waals surface area contributed by atoms with E-state index in [1.54, 1.807) is 18.2 Å². The van der Waals surface area contributed by atoms with Gasteiger partial charge in [0, 0.05) is 11.2 Å². The molecule has 0 saturated carbocycles. The Morgan fingerprint density at radius 3 is 3.00 bits per heavy atom. The maximum absolute atomic E-state index is 11.9. The van der Waals surface area contributed by atoms with Crippen molar-refractivity contribution in [2.75, 3.05) is 11.1 Å².